The van der Waals surface area contributed by atoms with Gasteiger partial charge in [-0.1, -0.05) is 41.5 Å². The molecule has 0 aliphatic heterocycles. The standard InChI is InChI=1S/3C4H10N.Hf/c3*1-3-5-4-2;/h3*3-4H2,1-2H3;/q3*-1;. The van der Waals surface area contributed by atoms with Crippen LogP contribution in [0, 0.1) is 0 Å². The third-order valence-corrected chi connectivity index (χ3v) is 1.34. The summed E-state index contributed by atoms with van der Waals surface area (Å²) in [6.07, 6.45) is 0. The van der Waals surface area contributed by atoms with Gasteiger partial charge in [0.05, 0.1) is 0 Å². The van der Waals surface area contributed by atoms with Crippen molar-refractivity contribution in [3.63, 3.8) is 0 Å². The van der Waals surface area contributed by atoms with Gasteiger partial charge < -0.3 is 16.0 Å². The second-order valence-corrected chi connectivity index (χ2v) is 2.57. The molecule has 0 bridgehead atoms. The van der Waals surface area contributed by atoms with Crippen LogP contribution in [-0.2, 0) is 25.8 Å². The maximum atomic E-state index is 3.97. The zero-order chi connectivity index (χ0) is 12.4. The van der Waals surface area contributed by atoms with Gasteiger partial charge in [0.15, 0.2) is 0 Å². The molecule has 100 valence electrons. The van der Waals surface area contributed by atoms with Gasteiger partial charge in [-0.15, -0.1) is 0 Å². The van der Waals surface area contributed by atoms with E-state index in [-0.39, 0.29) is 25.8 Å². The molecule has 0 unspecified atom stereocenters. The minimum atomic E-state index is 0. The fourth-order valence-electron chi connectivity index (χ4n) is 0.671. The number of hydrogen-bond donors (Lipinski definition) is 0. The van der Waals surface area contributed by atoms with Crippen molar-refractivity contribution in [2.75, 3.05) is 39.3 Å². The first-order chi connectivity index (χ1) is 7.24. The Labute approximate surface area is 122 Å². The summed E-state index contributed by atoms with van der Waals surface area (Å²) < 4.78 is 0. The quantitative estimate of drug-likeness (QED) is 0.606. The average Bonchev–Trinajstić information content (AvgIpc) is 2.23. The Kier molecular flexibility index (Phi) is 57.6. The van der Waals surface area contributed by atoms with Gasteiger partial charge in [-0.05, 0) is 0 Å². The second kappa shape index (κ2) is 36.0. The molecule has 16 heavy (non-hydrogen) atoms. The Bertz CT molecular complexity index is 53.0. The zero-order valence-electron chi connectivity index (χ0n) is 12.1. The summed E-state index contributed by atoms with van der Waals surface area (Å²) in [5, 5.41) is 11.9. The number of rotatable bonds is 6. The van der Waals surface area contributed by atoms with Gasteiger partial charge >= 0.3 is 0 Å². The van der Waals surface area contributed by atoms with Crippen LogP contribution in [-0.4, -0.2) is 39.3 Å². The molecule has 0 saturated heterocycles. The maximum Gasteiger partial charge on any atom is 0 e. The Morgan fingerprint density at radius 2 is 0.562 bits per heavy atom. The fourth-order valence-corrected chi connectivity index (χ4v) is 0.671. The van der Waals surface area contributed by atoms with Crippen molar-refractivity contribution in [3.8, 4) is 0 Å². The molecule has 0 amide bonds. The molecule has 0 spiro atoms. The minimum absolute atomic E-state index is 0. The van der Waals surface area contributed by atoms with Crippen LogP contribution in [0.25, 0.3) is 16.0 Å². The SMILES string of the molecule is CC[N-]CC.CC[N-]CC.CC[N-]CC.[Hf]. The van der Waals surface area contributed by atoms with Gasteiger partial charge in [0.2, 0.25) is 0 Å². The first kappa shape index (κ1) is 25.6. The topological polar surface area (TPSA) is 42.3 Å². The summed E-state index contributed by atoms with van der Waals surface area (Å²) in [5.74, 6) is 0. The minimum Gasteiger partial charge on any atom is -0.663 e. The first-order valence-corrected chi connectivity index (χ1v) is 6.14. The van der Waals surface area contributed by atoms with Gasteiger partial charge in [-0.2, -0.15) is 39.3 Å². The monoisotopic (exact) mass is 396 g/mol. The van der Waals surface area contributed by atoms with Crippen LogP contribution >= 0.6 is 0 Å². The van der Waals surface area contributed by atoms with E-state index in [1.807, 2.05) is 41.5 Å². The van der Waals surface area contributed by atoms with Crippen molar-refractivity contribution in [3.05, 3.63) is 16.0 Å². The molecular weight excluding hydrogens is 365 g/mol. The molecule has 0 rings (SSSR count). The van der Waals surface area contributed by atoms with Crippen LogP contribution in [0.2, 0.25) is 0 Å². The third-order valence-electron chi connectivity index (χ3n) is 1.34. The average molecular weight is 395 g/mol. The molecule has 0 aromatic carbocycles. The summed E-state index contributed by atoms with van der Waals surface area (Å²) in [5.41, 5.74) is 0. The van der Waals surface area contributed by atoms with Crippen LogP contribution in [0.15, 0.2) is 0 Å². The third kappa shape index (κ3) is 61.2. The molecule has 0 N–H and O–H groups in total. The van der Waals surface area contributed by atoms with Crippen LogP contribution < -0.4 is 0 Å². The largest absolute Gasteiger partial charge is 0.663 e. The summed E-state index contributed by atoms with van der Waals surface area (Å²) in [6, 6.07) is 0. The van der Waals surface area contributed by atoms with Gasteiger partial charge in [-0.3, -0.25) is 0 Å². The van der Waals surface area contributed by atoms with Gasteiger partial charge in [0.1, 0.15) is 0 Å². The molecule has 4 heteroatoms. The maximum absolute atomic E-state index is 3.97. The smallest absolute Gasteiger partial charge is 0 e. The van der Waals surface area contributed by atoms with Gasteiger partial charge in [-0.25, -0.2) is 0 Å². The van der Waals surface area contributed by atoms with E-state index in [2.05, 4.69) is 16.0 Å². The summed E-state index contributed by atoms with van der Waals surface area (Å²) >= 11 is 0. The van der Waals surface area contributed by atoms with Crippen molar-refractivity contribution < 1.29 is 25.8 Å². The van der Waals surface area contributed by atoms with E-state index >= 15 is 0 Å². The van der Waals surface area contributed by atoms with Crippen LogP contribution in [0.4, 0.5) is 0 Å². The molecule has 0 heterocycles. The van der Waals surface area contributed by atoms with Gasteiger partial charge in [0, 0.05) is 25.8 Å². The van der Waals surface area contributed by atoms with Crippen molar-refractivity contribution >= 4 is 0 Å². The second-order valence-electron chi connectivity index (χ2n) is 2.57. The van der Waals surface area contributed by atoms with E-state index in [1.165, 1.54) is 0 Å². The number of nitrogens with zero attached hydrogens (tertiary/aromatic N) is 3. The summed E-state index contributed by atoms with van der Waals surface area (Å²) in [4.78, 5) is 0. The van der Waals surface area contributed by atoms with Crippen molar-refractivity contribution in [1.82, 2.24) is 0 Å². The van der Waals surface area contributed by atoms with Crippen LogP contribution in [0.5, 0.6) is 0 Å². The summed E-state index contributed by atoms with van der Waals surface area (Å²) in [6.45, 7) is 18.1. The van der Waals surface area contributed by atoms with Crippen molar-refractivity contribution in [2.45, 2.75) is 41.5 Å². The Morgan fingerprint density at radius 3 is 0.562 bits per heavy atom. The van der Waals surface area contributed by atoms with Crippen LogP contribution in [0.1, 0.15) is 41.5 Å². The molecule has 0 aromatic rings. The Morgan fingerprint density at radius 1 is 0.438 bits per heavy atom. The molecule has 0 aliphatic rings. The molecule has 0 fully saturated rings. The van der Waals surface area contributed by atoms with E-state index < -0.39 is 0 Å². The first-order valence-electron chi connectivity index (χ1n) is 6.14. The normalized spacial score (nSPS) is 7.88. The van der Waals surface area contributed by atoms with Gasteiger partial charge in [0.25, 0.3) is 0 Å². The predicted molar refractivity (Wildman–Crippen MR) is 73.3 cm³/mol. The van der Waals surface area contributed by atoms with E-state index in [0.717, 1.165) is 39.3 Å². The zero-order valence-corrected chi connectivity index (χ0v) is 15.7. The molecule has 0 atom stereocenters. The molecule has 0 radical (unpaired) electrons. The van der Waals surface area contributed by atoms with Crippen LogP contribution in [0.3, 0.4) is 0 Å². The van der Waals surface area contributed by atoms with E-state index in [1.54, 1.807) is 0 Å². The molecule has 3 nitrogen and oxygen atoms in total. The number of hydrogen-bond acceptors (Lipinski definition) is 0. The summed E-state index contributed by atoms with van der Waals surface area (Å²) in [7, 11) is 0. The van der Waals surface area contributed by atoms with Crippen molar-refractivity contribution in [1.29, 1.82) is 0 Å². The predicted octanol–water partition coefficient (Wildman–Crippen LogP) is 4.20. The molecule has 0 aliphatic carbocycles. The molecule has 0 aromatic heterocycles. The Balaban J connectivity index is -0.0000000655. The molecule has 0 saturated carbocycles. The van der Waals surface area contributed by atoms with E-state index in [4.69, 9.17) is 0 Å². The van der Waals surface area contributed by atoms with E-state index in [9.17, 15) is 0 Å². The fraction of sp³-hybridized carbons (Fsp3) is 1.00. The Hall–Kier alpha value is 0.750. The van der Waals surface area contributed by atoms with Crippen molar-refractivity contribution in [2.24, 2.45) is 0 Å². The van der Waals surface area contributed by atoms with E-state index in [0.29, 0.717) is 0 Å². The molecular formula is C12H30HfN3-3.